The van der Waals surface area contributed by atoms with Gasteiger partial charge in [0.25, 0.3) is 5.91 Å². The van der Waals surface area contributed by atoms with Crippen LogP contribution in [0.5, 0.6) is 0 Å². The van der Waals surface area contributed by atoms with Crippen molar-refractivity contribution < 1.29 is 17.9 Å². The summed E-state index contributed by atoms with van der Waals surface area (Å²) in [5.74, 6) is -0.253. The van der Waals surface area contributed by atoms with Gasteiger partial charge in [0.2, 0.25) is 0 Å². The minimum absolute atomic E-state index is 0. The van der Waals surface area contributed by atoms with Crippen LogP contribution in [0.3, 0.4) is 0 Å². The van der Waals surface area contributed by atoms with Gasteiger partial charge in [0.1, 0.15) is 0 Å². The van der Waals surface area contributed by atoms with E-state index in [1.54, 1.807) is 30.0 Å². The van der Waals surface area contributed by atoms with Gasteiger partial charge >= 0.3 is 0 Å². The van der Waals surface area contributed by atoms with E-state index >= 15 is 0 Å². The molecule has 184 valence electrons. The number of halogens is 1. The zero-order valence-electron chi connectivity index (χ0n) is 19.4. The number of amides is 1. The Morgan fingerprint density at radius 1 is 1.15 bits per heavy atom. The first-order valence-corrected chi connectivity index (χ1v) is 13.7. The number of hydrogen-bond acceptors (Lipinski definition) is 7. The van der Waals surface area contributed by atoms with Crippen molar-refractivity contribution in [3.05, 3.63) is 53.6 Å². The van der Waals surface area contributed by atoms with Crippen LogP contribution >= 0.6 is 23.7 Å². The summed E-state index contributed by atoms with van der Waals surface area (Å²) < 4.78 is 31.2. The number of rotatable bonds is 8. The number of hydrogen-bond donors (Lipinski definition) is 0. The number of anilines is 1. The predicted molar refractivity (Wildman–Crippen MR) is 139 cm³/mol. The van der Waals surface area contributed by atoms with Gasteiger partial charge in [-0.15, -0.1) is 12.4 Å². The fourth-order valence-electron chi connectivity index (χ4n) is 3.89. The summed E-state index contributed by atoms with van der Waals surface area (Å²) in [4.78, 5) is 22.6. The minimum Gasteiger partial charge on any atom is -0.379 e. The van der Waals surface area contributed by atoms with Crippen LogP contribution in [-0.4, -0.2) is 69.4 Å². The highest BCUT2D eigenvalue weighted by Gasteiger charge is 2.24. The molecule has 0 N–H and O–H groups in total. The molecular weight excluding hydrogens is 494 g/mol. The van der Waals surface area contributed by atoms with Gasteiger partial charge in [-0.05, 0) is 36.2 Å². The number of benzene rings is 2. The highest BCUT2D eigenvalue weighted by Crippen LogP contribution is 2.32. The molecule has 2 aromatic carbocycles. The maximum Gasteiger partial charge on any atom is 0.260 e. The van der Waals surface area contributed by atoms with Crippen LogP contribution in [0.15, 0.2) is 47.4 Å². The fourth-order valence-corrected chi connectivity index (χ4v) is 5.85. The van der Waals surface area contributed by atoms with Gasteiger partial charge in [0, 0.05) is 31.7 Å². The highest BCUT2D eigenvalue weighted by molar-refractivity contribution is 7.91. The van der Waals surface area contributed by atoms with E-state index in [2.05, 4.69) is 17.9 Å². The number of fused-ring (bicyclic) bond motifs is 1. The summed E-state index contributed by atoms with van der Waals surface area (Å²) in [6.45, 7) is 7.87. The molecule has 0 aliphatic carbocycles. The van der Waals surface area contributed by atoms with Gasteiger partial charge in [-0.2, -0.15) is 0 Å². The normalized spacial score (nSPS) is 14.6. The fraction of sp³-hybridized carbons (Fsp3) is 0.417. The molecule has 0 bridgehead atoms. The molecule has 1 aliphatic rings. The summed E-state index contributed by atoms with van der Waals surface area (Å²) in [5.41, 5.74) is 2.42. The van der Waals surface area contributed by atoms with Gasteiger partial charge < -0.3 is 4.74 Å². The molecule has 1 amide bonds. The van der Waals surface area contributed by atoms with Crippen LogP contribution in [0.1, 0.15) is 29.8 Å². The molecule has 0 spiro atoms. The van der Waals surface area contributed by atoms with Gasteiger partial charge in [-0.1, -0.05) is 43.4 Å². The average molecular weight is 524 g/mol. The van der Waals surface area contributed by atoms with E-state index in [4.69, 9.17) is 9.72 Å². The van der Waals surface area contributed by atoms with Crippen molar-refractivity contribution in [3.8, 4) is 0 Å². The summed E-state index contributed by atoms with van der Waals surface area (Å²) >= 11 is 1.49. The van der Waals surface area contributed by atoms with E-state index in [1.165, 1.54) is 17.4 Å². The number of ether oxygens (including phenoxy) is 1. The highest BCUT2D eigenvalue weighted by atomic mass is 35.5. The first-order valence-electron chi connectivity index (χ1n) is 11.3. The number of para-hydroxylation sites is 1. The van der Waals surface area contributed by atoms with Crippen LogP contribution < -0.4 is 4.90 Å². The Hall–Kier alpha value is -2.04. The number of carbonyl (C=O) groups is 1. The second-order valence-corrected chi connectivity index (χ2v) is 11.2. The third kappa shape index (κ3) is 5.78. The first-order chi connectivity index (χ1) is 15.9. The van der Waals surface area contributed by atoms with E-state index < -0.39 is 9.84 Å². The monoisotopic (exact) mass is 523 g/mol. The molecule has 2 heterocycles. The van der Waals surface area contributed by atoms with Crippen molar-refractivity contribution in [2.24, 2.45) is 0 Å². The predicted octanol–water partition coefficient (Wildman–Crippen LogP) is 4.05. The van der Waals surface area contributed by atoms with E-state index in [0.29, 0.717) is 37.0 Å². The number of carbonyl (C=O) groups excluding carboxylic acids is 1. The lowest BCUT2D eigenvalue weighted by atomic mass is 10.1. The van der Waals surface area contributed by atoms with Crippen molar-refractivity contribution in [1.82, 2.24) is 9.88 Å². The van der Waals surface area contributed by atoms with Crippen LogP contribution in [0, 0.1) is 0 Å². The van der Waals surface area contributed by atoms with Crippen molar-refractivity contribution in [2.75, 3.05) is 50.0 Å². The number of nitrogens with zero attached hydrogens (tertiary/aromatic N) is 3. The molecule has 1 fully saturated rings. The van der Waals surface area contributed by atoms with E-state index in [9.17, 15) is 13.2 Å². The molecule has 1 aromatic heterocycles. The third-order valence-corrected chi connectivity index (χ3v) is 8.69. The molecule has 1 aliphatic heterocycles. The lowest BCUT2D eigenvalue weighted by Crippen LogP contribution is -2.43. The molecule has 10 heteroatoms. The second-order valence-electron chi connectivity index (χ2n) is 7.96. The molecule has 0 unspecified atom stereocenters. The SMILES string of the molecule is CCc1cccc2sc(N(CCN3CCOCC3)C(=O)c3cccc(S(=O)(=O)CC)c3)nc12.Cl. The number of aryl methyl sites for hydroxylation is 1. The molecular formula is C24H30ClN3O4S2. The summed E-state index contributed by atoms with van der Waals surface area (Å²) in [7, 11) is -3.41. The van der Waals surface area contributed by atoms with Crippen molar-refractivity contribution in [3.63, 3.8) is 0 Å². The third-order valence-electron chi connectivity index (χ3n) is 5.91. The zero-order chi connectivity index (χ0) is 23.4. The molecule has 3 aromatic rings. The number of thiazole rings is 1. The minimum atomic E-state index is -3.41. The Kier molecular flexibility index (Phi) is 9.06. The molecule has 1 saturated heterocycles. The lowest BCUT2D eigenvalue weighted by molar-refractivity contribution is 0.0391. The second kappa shape index (κ2) is 11.6. The van der Waals surface area contributed by atoms with Crippen LogP contribution in [0.4, 0.5) is 5.13 Å². The Balaban J connectivity index is 0.00000324. The summed E-state index contributed by atoms with van der Waals surface area (Å²) in [6.07, 6.45) is 0.860. The van der Waals surface area contributed by atoms with Crippen LogP contribution in [0.25, 0.3) is 10.2 Å². The van der Waals surface area contributed by atoms with E-state index in [0.717, 1.165) is 35.3 Å². The van der Waals surface area contributed by atoms with Crippen LogP contribution in [0.2, 0.25) is 0 Å². The van der Waals surface area contributed by atoms with Gasteiger partial charge in [0.05, 0.1) is 34.1 Å². The molecule has 7 nitrogen and oxygen atoms in total. The Morgan fingerprint density at radius 2 is 1.88 bits per heavy atom. The maximum atomic E-state index is 13.7. The number of aromatic nitrogens is 1. The topological polar surface area (TPSA) is 79.8 Å². The van der Waals surface area contributed by atoms with Crippen LogP contribution in [-0.2, 0) is 21.0 Å². The molecule has 4 rings (SSSR count). The standard InChI is InChI=1S/C24H29N3O4S2.ClH/c1-3-18-7-6-10-21-22(18)25-24(32-21)27(12-11-26-13-15-31-16-14-26)23(28)19-8-5-9-20(17-19)33(29,30)4-2;/h5-10,17H,3-4,11-16H2,1-2H3;1H. The van der Waals surface area contributed by atoms with Crippen molar-refractivity contribution >= 4 is 54.8 Å². The molecule has 0 saturated carbocycles. The lowest BCUT2D eigenvalue weighted by Gasteiger charge is -2.29. The van der Waals surface area contributed by atoms with Crippen molar-refractivity contribution in [1.29, 1.82) is 0 Å². The molecule has 0 radical (unpaired) electrons. The van der Waals surface area contributed by atoms with Gasteiger partial charge in [-0.25, -0.2) is 13.4 Å². The van der Waals surface area contributed by atoms with Gasteiger partial charge in [0.15, 0.2) is 15.0 Å². The zero-order valence-corrected chi connectivity index (χ0v) is 21.8. The van der Waals surface area contributed by atoms with Gasteiger partial charge in [-0.3, -0.25) is 14.6 Å². The Morgan fingerprint density at radius 3 is 2.59 bits per heavy atom. The Bertz CT molecular complexity index is 1240. The van der Waals surface area contributed by atoms with E-state index in [1.807, 2.05) is 12.1 Å². The number of morpholine rings is 1. The summed E-state index contributed by atoms with van der Waals surface area (Å²) in [6, 6.07) is 12.4. The number of sulfone groups is 1. The first kappa shape index (κ1) is 26.6. The largest absolute Gasteiger partial charge is 0.379 e. The van der Waals surface area contributed by atoms with E-state index in [-0.39, 0.29) is 29.0 Å². The van der Waals surface area contributed by atoms with Crippen molar-refractivity contribution in [2.45, 2.75) is 25.2 Å². The quantitative estimate of drug-likeness (QED) is 0.443. The maximum absolute atomic E-state index is 13.7. The summed E-state index contributed by atoms with van der Waals surface area (Å²) in [5, 5.41) is 0.632. The Labute approximate surface area is 211 Å². The molecule has 0 atom stereocenters. The molecule has 34 heavy (non-hydrogen) atoms. The average Bonchev–Trinajstić information content (AvgIpc) is 3.29. The smallest absolute Gasteiger partial charge is 0.260 e.